The third-order valence-corrected chi connectivity index (χ3v) is 6.10. The third kappa shape index (κ3) is 5.39. The topological polar surface area (TPSA) is 30.5 Å². The first kappa shape index (κ1) is 22.3. The molecule has 4 rings (SSSR count). The molecule has 0 bridgehead atoms. The van der Waals surface area contributed by atoms with E-state index in [1.165, 1.54) is 21.9 Å². The van der Waals surface area contributed by atoms with Crippen molar-refractivity contribution >= 4 is 39.1 Å². The second kappa shape index (κ2) is 10.6. The van der Waals surface area contributed by atoms with Crippen LogP contribution in [-0.2, 0) is 16.1 Å². The van der Waals surface area contributed by atoms with Crippen molar-refractivity contribution < 1.29 is 9.47 Å². The van der Waals surface area contributed by atoms with Gasteiger partial charge in [0.15, 0.2) is 0 Å². The number of halogens is 2. The molecule has 0 amide bonds. The van der Waals surface area contributed by atoms with Gasteiger partial charge in [0, 0.05) is 36.5 Å². The van der Waals surface area contributed by atoms with Crippen molar-refractivity contribution in [3.8, 4) is 0 Å². The second-order valence-corrected chi connectivity index (χ2v) is 8.40. The van der Waals surface area contributed by atoms with Crippen LogP contribution >= 0.6 is 28.3 Å². The van der Waals surface area contributed by atoms with Gasteiger partial charge >= 0.3 is 0 Å². The molecule has 0 aliphatic carbocycles. The van der Waals surface area contributed by atoms with Gasteiger partial charge in [-0.1, -0.05) is 64.5 Å². The molecule has 3 aromatic carbocycles. The van der Waals surface area contributed by atoms with Crippen molar-refractivity contribution in [3.63, 3.8) is 0 Å². The molecule has 3 nitrogen and oxygen atoms in total. The Bertz CT molecular complexity index is 916. The van der Waals surface area contributed by atoms with E-state index in [-0.39, 0.29) is 18.5 Å². The van der Waals surface area contributed by atoms with Gasteiger partial charge in [0.2, 0.25) is 0 Å². The monoisotopic (exact) mass is 475 g/mol. The highest BCUT2D eigenvalue weighted by molar-refractivity contribution is 9.10. The van der Waals surface area contributed by atoms with Gasteiger partial charge in [-0.05, 0) is 40.1 Å². The minimum absolute atomic E-state index is 0. The van der Waals surface area contributed by atoms with E-state index >= 15 is 0 Å². The van der Waals surface area contributed by atoms with Crippen LogP contribution in [0.25, 0.3) is 10.8 Å². The van der Waals surface area contributed by atoms with Crippen molar-refractivity contribution in [2.45, 2.75) is 18.6 Å². The van der Waals surface area contributed by atoms with E-state index in [2.05, 4.69) is 88.0 Å². The number of rotatable bonds is 6. The quantitative estimate of drug-likeness (QED) is 0.505. The van der Waals surface area contributed by atoms with Crippen LogP contribution in [-0.4, -0.2) is 32.9 Å². The van der Waals surface area contributed by atoms with E-state index in [1.54, 1.807) is 7.11 Å². The number of hydrogen-bond acceptors (Lipinski definition) is 3. The Morgan fingerprint density at radius 1 is 0.966 bits per heavy atom. The Balaban J connectivity index is 0.00000240. The van der Waals surface area contributed by atoms with Crippen LogP contribution in [0, 0.1) is 5.92 Å². The summed E-state index contributed by atoms with van der Waals surface area (Å²) in [6.45, 7) is 3.15. The zero-order valence-electron chi connectivity index (χ0n) is 16.5. The zero-order valence-corrected chi connectivity index (χ0v) is 18.9. The van der Waals surface area contributed by atoms with Gasteiger partial charge in [-0.3, -0.25) is 0 Å². The van der Waals surface area contributed by atoms with Gasteiger partial charge in [-0.2, -0.15) is 0 Å². The molecule has 0 aromatic heterocycles. The highest BCUT2D eigenvalue weighted by Crippen LogP contribution is 2.34. The van der Waals surface area contributed by atoms with Gasteiger partial charge in [0.25, 0.3) is 0 Å². The normalized spacial score (nSPS) is 21.7. The molecule has 0 radical (unpaired) electrons. The number of ether oxygens (including phenoxy) is 2. The predicted molar refractivity (Wildman–Crippen MR) is 125 cm³/mol. The van der Waals surface area contributed by atoms with Crippen LogP contribution in [0.4, 0.5) is 0 Å². The molecule has 29 heavy (non-hydrogen) atoms. The number of piperidine rings is 1. The van der Waals surface area contributed by atoms with Crippen molar-refractivity contribution in [1.29, 1.82) is 0 Å². The summed E-state index contributed by atoms with van der Waals surface area (Å²) in [4.78, 5) is 0. The summed E-state index contributed by atoms with van der Waals surface area (Å²) in [6, 6.07) is 23.7. The van der Waals surface area contributed by atoms with E-state index in [0.29, 0.717) is 18.4 Å². The summed E-state index contributed by atoms with van der Waals surface area (Å²) >= 11 is 3.54. The van der Waals surface area contributed by atoms with Gasteiger partial charge in [-0.25, -0.2) is 0 Å². The Morgan fingerprint density at radius 2 is 1.72 bits per heavy atom. The lowest BCUT2D eigenvalue weighted by atomic mass is 9.79. The SMILES string of the molecule is COCC1CNCC(OCc2ccc3ccccc3c2)C1c1ccc(Br)cc1.Cl. The van der Waals surface area contributed by atoms with Crippen molar-refractivity contribution in [2.75, 3.05) is 26.8 Å². The molecule has 1 aliphatic heterocycles. The largest absolute Gasteiger partial charge is 0.384 e. The van der Waals surface area contributed by atoms with Crippen LogP contribution in [0.1, 0.15) is 17.0 Å². The molecule has 1 saturated heterocycles. The number of fused-ring (bicyclic) bond motifs is 1. The molecule has 3 unspecified atom stereocenters. The summed E-state index contributed by atoms with van der Waals surface area (Å²) in [7, 11) is 1.78. The Morgan fingerprint density at radius 3 is 2.48 bits per heavy atom. The third-order valence-electron chi connectivity index (χ3n) is 5.57. The van der Waals surface area contributed by atoms with Gasteiger partial charge in [0.05, 0.1) is 19.3 Å². The van der Waals surface area contributed by atoms with E-state index in [9.17, 15) is 0 Å². The Hall–Kier alpha value is -1.43. The minimum atomic E-state index is 0. The van der Waals surface area contributed by atoms with Crippen molar-refractivity contribution in [1.82, 2.24) is 5.32 Å². The molecule has 154 valence electrons. The number of nitrogens with one attached hydrogen (secondary N) is 1. The van der Waals surface area contributed by atoms with Crippen molar-refractivity contribution in [3.05, 3.63) is 82.3 Å². The smallest absolute Gasteiger partial charge is 0.0776 e. The van der Waals surface area contributed by atoms with Gasteiger partial charge < -0.3 is 14.8 Å². The first-order valence-corrected chi connectivity index (χ1v) is 10.6. The zero-order chi connectivity index (χ0) is 19.3. The molecular weight excluding hydrogens is 450 g/mol. The summed E-state index contributed by atoms with van der Waals surface area (Å²) in [6.07, 6.45) is 0.113. The standard InChI is InChI=1S/C24H26BrNO2.ClH/c1-27-16-21-13-26-14-23(24(21)19-8-10-22(25)11-9-19)28-15-17-6-7-18-4-2-3-5-20(18)12-17;/h2-12,21,23-24,26H,13-16H2,1H3;1H. The summed E-state index contributed by atoms with van der Waals surface area (Å²) < 4.78 is 13.1. The second-order valence-electron chi connectivity index (χ2n) is 7.48. The fourth-order valence-electron chi connectivity index (χ4n) is 4.21. The lowest BCUT2D eigenvalue weighted by molar-refractivity contribution is -0.0192. The lowest BCUT2D eigenvalue weighted by Crippen LogP contribution is -2.48. The fourth-order valence-corrected chi connectivity index (χ4v) is 4.48. The van der Waals surface area contributed by atoms with E-state index in [0.717, 1.165) is 24.2 Å². The van der Waals surface area contributed by atoms with Crippen molar-refractivity contribution in [2.24, 2.45) is 5.92 Å². The molecule has 1 fully saturated rings. The molecule has 1 heterocycles. The van der Waals surface area contributed by atoms with E-state index < -0.39 is 0 Å². The first-order chi connectivity index (χ1) is 13.7. The Labute approximate surface area is 187 Å². The highest BCUT2D eigenvalue weighted by atomic mass is 79.9. The average Bonchev–Trinajstić information content (AvgIpc) is 2.73. The maximum atomic E-state index is 6.46. The van der Waals surface area contributed by atoms with Gasteiger partial charge in [-0.15, -0.1) is 12.4 Å². The maximum absolute atomic E-state index is 6.46. The molecule has 1 N–H and O–H groups in total. The predicted octanol–water partition coefficient (Wildman–Crippen LogP) is 5.56. The average molecular weight is 477 g/mol. The molecule has 0 saturated carbocycles. The summed E-state index contributed by atoms with van der Waals surface area (Å²) in [5.41, 5.74) is 2.53. The Kier molecular flexibility index (Phi) is 8.10. The molecule has 3 atom stereocenters. The molecule has 0 spiro atoms. The summed E-state index contributed by atoms with van der Waals surface area (Å²) in [5.74, 6) is 0.705. The van der Waals surface area contributed by atoms with Crippen LogP contribution in [0.2, 0.25) is 0 Å². The van der Waals surface area contributed by atoms with E-state index in [4.69, 9.17) is 9.47 Å². The molecule has 3 aromatic rings. The molecule has 1 aliphatic rings. The van der Waals surface area contributed by atoms with Crippen LogP contribution in [0.5, 0.6) is 0 Å². The molecular formula is C24H27BrClNO2. The molecule has 5 heteroatoms. The van der Waals surface area contributed by atoms with Crippen LogP contribution in [0.15, 0.2) is 71.2 Å². The number of methoxy groups -OCH3 is 1. The number of benzene rings is 3. The minimum Gasteiger partial charge on any atom is -0.384 e. The van der Waals surface area contributed by atoms with Gasteiger partial charge in [0.1, 0.15) is 0 Å². The highest BCUT2D eigenvalue weighted by Gasteiger charge is 2.35. The fraction of sp³-hybridized carbons (Fsp3) is 0.333. The maximum Gasteiger partial charge on any atom is 0.0776 e. The van der Waals surface area contributed by atoms with E-state index in [1.807, 2.05) is 0 Å². The van der Waals surface area contributed by atoms with Crippen LogP contribution in [0.3, 0.4) is 0 Å². The lowest BCUT2D eigenvalue weighted by Gasteiger charge is -2.38. The number of hydrogen-bond donors (Lipinski definition) is 1. The van der Waals surface area contributed by atoms with Crippen LogP contribution < -0.4 is 5.32 Å². The summed E-state index contributed by atoms with van der Waals surface area (Å²) in [5, 5.41) is 6.05. The first-order valence-electron chi connectivity index (χ1n) is 9.79.